The van der Waals surface area contributed by atoms with Gasteiger partial charge in [0.25, 0.3) is 5.91 Å². The minimum Gasteiger partial charge on any atom is -0.378 e. The van der Waals surface area contributed by atoms with Crippen LogP contribution in [0.25, 0.3) is 11.3 Å². The van der Waals surface area contributed by atoms with Crippen LogP contribution in [-0.4, -0.2) is 49.1 Å². The number of carbonyl (C=O) groups excluding carboxylic acids is 2. The molecule has 2 amide bonds. The second-order valence-corrected chi connectivity index (χ2v) is 8.52. The highest BCUT2D eigenvalue weighted by molar-refractivity contribution is 7.14. The van der Waals surface area contributed by atoms with Gasteiger partial charge >= 0.3 is 0 Å². The van der Waals surface area contributed by atoms with Gasteiger partial charge < -0.3 is 20.3 Å². The number of rotatable bonds is 7. The van der Waals surface area contributed by atoms with Crippen molar-refractivity contribution in [1.29, 1.82) is 0 Å². The maximum absolute atomic E-state index is 12.4. The second-order valence-electron chi connectivity index (χ2n) is 7.68. The fourth-order valence-electron chi connectivity index (χ4n) is 3.46. The average molecular weight is 451 g/mol. The lowest BCUT2D eigenvalue weighted by Gasteiger charge is -2.26. The number of amides is 2. The Kier molecular flexibility index (Phi) is 7.14. The van der Waals surface area contributed by atoms with Gasteiger partial charge in [0.15, 0.2) is 5.13 Å². The summed E-state index contributed by atoms with van der Waals surface area (Å²) in [5.41, 5.74) is 3.21. The SMILES string of the molecule is CC(CC(=O)Nc1ccc(-c2csc(N3CCOCC3)n2)cc1)NC(=O)c1ccccc1. The van der Waals surface area contributed by atoms with E-state index in [4.69, 9.17) is 9.72 Å². The second kappa shape index (κ2) is 10.4. The molecule has 2 aromatic carbocycles. The number of hydrogen-bond donors (Lipinski definition) is 2. The lowest BCUT2D eigenvalue weighted by Crippen LogP contribution is -2.36. The molecule has 2 heterocycles. The average Bonchev–Trinajstić information content (AvgIpc) is 3.31. The molecule has 1 aromatic heterocycles. The minimum absolute atomic E-state index is 0.151. The van der Waals surface area contributed by atoms with E-state index in [1.54, 1.807) is 23.5 Å². The molecule has 166 valence electrons. The zero-order valence-corrected chi connectivity index (χ0v) is 18.7. The lowest BCUT2D eigenvalue weighted by molar-refractivity contribution is -0.116. The summed E-state index contributed by atoms with van der Waals surface area (Å²) in [5, 5.41) is 8.80. The maximum Gasteiger partial charge on any atom is 0.251 e. The summed E-state index contributed by atoms with van der Waals surface area (Å²) in [4.78, 5) is 31.6. The number of nitrogens with one attached hydrogen (secondary N) is 2. The standard InChI is InChI=1S/C24H26N4O3S/c1-17(25-23(30)19-5-3-2-4-6-19)15-22(29)26-20-9-7-18(8-10-20)21-16-32-24(27-21)28-11-13-31-14-12-28/h2-10,16-17H,11-15H2,1H3,(H,25,30)(H,26,29). The molecule has 1 aliphatic heterocycles. The number of aromatic nitrogens is 1. The summed E-state index contributed by atoms with van der Waals surface area (Å²) in [7, 11) is 0. The Morgan fingerprint density at radius 1 is 1.09 bits per heavy atom. The highest BCUT2D eigenvalue weighted by Gasteiger charge is 2.16. The third kappa shape index (κ3) is 5.72. The van der Waals surface area contributed by atoms with Gasteiger partial charge in [0.2, 0.25) is 5.91 Å². The molecule has 1 saturated heterocycles. The molecule has 2 N–H and O–H groups in total. The third-order valence-corrected chi connectivity index (χ3v) is 6.04. The number of ether oxygens (including phenoxy) is 1. The van der Waals surface area contributed by atoms with E-state index in [9.17, 15) is 9.59 Å². The molecular formula is C24H26N4O3S. The van der Waals surface area contributed by atoms with Gasteiger partial charge in [0.1, 0.15) is 0 Å². The van der Waals surface area contributed by atoms with Crippen LogP contribution in [0.2, 0.25) is 0 Å². The molecule has 8 heteroatoms. The number of nitrogens with zero attached hydrogens (tertiary/aromatic N) is 2. The predicted molar refractivity (Wildman–Crippen MR) is 127 cm³/mol. The molecular weight excluding hydrogens is 424 g/mol. The van der Waals surface area contributed by atoms with Crippen molar-refractivity contribution < 1.29 is 14.3 Å². The summed E-state index contributed by atoms with van der Waals surface area (Å²) in [5.74, 6) is -0.336. The van der Waals surface area contributed by atoms with E-state index < -0.39 is 0 Å². The van der Waals surface area contributed by atoms with E-state index in [2.05, 4.69) is 20.9 Å². The molecule has 1 atom stereocenters. The van der Waals surface area contributed by atoms with Gasteiger partial charge in [-0.05, 0) is 31.2 Å². The monoisotopic (exact) mass is 450 g/mol. The first kappa shape index (κ1) is 22.0. The summed E-state index contributed by atoms with van der Waals surface area (Å²) >= 11 is 1.63. The zero-order chi connectivity index (χ0) is 22.3. The predicted octanol–water partition coefficient (Wildman–Crippen LogP) is 3.79. The topological polar surface area (TPSA) is 83.6 Å². The van der Waals surface area contributed by atoms with Gasteiger partial charge in [-0.1, -0.05) is 30.3 Å². The molecule has 4 rings (SSSR count). The van der Waals surface area contributed by atoms with Crippen LogP contribution in [0.4, 0.5) is 10.8 Å². The normalized spacial score (nSPS) is 14.6. The zero-order valence-electron chi connectivity index (χ0n) is 17.9. The molecule has 0 bridgehead atoms. The van der Waals surface area contributed by atoms with Crippen molar-refractivity contribution in [1.82, 2.24) is 10.3 Å². The summed E-state index contributed by atoms with van der Waals surface area (Å²) in [6.45, 7) is 5.01. The van der Waals surface area contributed by atoms with Crippen LogP contribution in [0.15, 0.2) is 60.0 Å². The van der Waals surface area contributed by atoms with Crippen LogP contribution in [0.1, 0.15) is 23.7 Å². The molecule has 1 unspecified atom stereocenters. The Labute approximate surface area is 191 Å². The highest BCUT2D eigenvalue weighted by atomic mass is 32.1. The van der Waals surface area contributed by atoms with Crippen LogP contribution < -0.4 is 15.5 Å². The van der Waals surface area contributed by atoms with Crippen molar-refractivity contribution in [3.8, 4) is 11.3 Å². The van der Waals surface area contributed by atoms with Gasteiger partial charge in [-0.25, -0.2) is 4.98 Å². The third-order valence-electron chi connectivity index (χ3n) is 5.14. The van der Waals surface area contributed by atoms with Crippen LogP contribution in [0, 0.1) is 0 Å². The largest absolute Gasteiger partial charge is 0.378 e. The Balaban J connectivity index is 1.29. The molecule has 32 heavy (non-hydrogen) atoms. The number of anilines is 2. The summed E-state index contributed by atoms with van der Waals surface area (Å²) in [6.07, 6.45) is 0.190. The fraction of sp³-hybridized carbons (Fsp3) is 0.292. The van der Waals surface area contributed by atoms with E-state index in [0.717, 1.165) is 42.7 Å². The van der Waals surface area contributed by atoms with Crippen molar-refractivity contribution >= 4 is 34.0 Å². The Bertz CT molecular complexity index is 1050. The van der Waals surface area contributed by atoms with Gasteiger partial charge in [0, 0.05) is 47.7 Å². The first-order valence-electron chi connectivity index (χ1n) is 10.6. The molecule has 0 radical (unpaired) electrons. The Hall–Kier alpha value is -3.23. The van der Waals surface area contributed by atoms with Crippen molar-refractivity contribution in [2.75, 3.05) is 36.5 Å². The first-order valence-corrected chi connectivity index (χ1v) is 11.5. The molecule has 7 nitrogen and oxygen atoms in total. The van der Waals surface area contributed by atoms with Crippen molar-refractivity contribution in [3.05, 3.63) is 65.5 Å². The van der Waals surface area contributed by atoms with E-state index in [1.165, 1.54) is 0 Å². The van der Waals surface area contributed by atoms with Crippen LogP contribution >= 0.6 is 11.3 Å². The molecule has 1 fully saturated rings. The lowest BCUT2D eigenvalue weighted by atomic mass is 10.1. The molecule has 0 aliphatic carbocycles. The van der Waals surface area contributed by atoms with Gasteiger partial charge in [-0.15, -0.1) is 11.3 Å². The fourth-order valence-corrected chi connectivity index (χ4v) is 4.35. The van der Waals surface area contributed by atoms with E-state index in [1.807, 2.05) is 49.4 Å². The van der Waals surface area contributed by atoms with Crippen molar-refractivity contribution in [2.24, 2.45) is 0 Å². The summed E-state index contributed by atoms with van der Waals surface area (Å²) in [6, 6.07) is 16.3. The van der Waals surface area contributed by atoms with E-state index in [-0.39, 0.29) is 24.3 Å². The Morgan fingerprint density at radius 3 is 2.53 bits per heavy atom. The Morgan fingerprint density at radius 2 is 1.81 bits per heavy atom. The minimum atomic E-state index is -0.282. The van der Waals surface area contributed by atoms with E-state index >= 15 is 0 Å². The smallest absolute Gasteiger partial charge is 0.251 e. The summed E-state index contributed by atoms with van der Waals surface area (Å²) < 4.78 is 5.40. The first-order chi connectivity index (χ1) is 15.6. The van der Waals surface area contributed by atoms with Crippen LogP contribution in [0.5, 0.6) is 0 Å². The van der Waals surface area contributed by atoms with Gasteiger partial charge in [-0.3, -0.25) is 9.59 Å². The number of hydrogen-bond acceptors (Lipinski definition) is 6. The number of carbonyl (C=O) groups is 2. The van der Waals surface area contributed by atoms with Gasteiger partial charge in [0.05, 0.1) is 18.9 Å². The molecule has 3 aromatic rings. The van der Waals surface area contributed by atoms with Crippen molar-refractivity contribution in [3.63, 3.8) is 0 Å². The van der Waals surface area contributed by atoms with Gasteiger partial charge in [-0.2, -0.15) is 0 Å². The highest BCUT2D eigenvalue weighted by Crippen LogP contribution is 2.28. The number of benzene rings is 2. The quantitative estimate of drug-likeness (QED) is 0.572. The van der Waals surface area contributed by atoms with Crippen molar-refractivity contribution in [2.45, 2.75) is 19.4 Å². The molecule has 0 spiro atoms. The molecule has 1 aliphatic rings. The van der Waals surface area contributed by atoms with E-state index in [0.29, 0.717) is 11.3 Å². The van der Waals surface area contributed by atoms with Crippen LogP contribution in [-0.2, 0) is 9.53 Å². The van der Waals surface area contributed by atoms with Crippen LogP contribution in [0.3, 0.4) is 0 Å². The number of thiazole rings is 1. The molecule has 0 saturated carbocycles. The maximum atomic E-state index is 12.4. The number of morpholine rings is 1.